The molecule has 0 fully saturated rings. The number of nitrogens with two attached hydrogens (primary N) is 1. The lowest BCUT2D eigenvalue weighted by Crippen LogP contribution is -2.10. The van der Waals surface area contributed by atoms with Crippen LogP contribution in [0.5, 0.6) is 5.88 Å². The van der Waals surface area contributed by atoms with Gasteiger partial charge in [0.15, 0.2) is 0 Å². The topological polar surface area (TPSA) is 85.4 Å². The third kappa shape index (κ3) is 2.12. The second-order valence-electron chi connectivity index (χ2n) is 2.62. The maximum absolute atomic E-state index is 12.5. The first kappa shape index (κ1) is 11.2. The molecule has 0 spiro atoms. The van der Waals surface area contributed by atoms with Gasteiger partial charge >= 0.3 is 5.97 Å². The second-order valence-corrected chi connectivity index (χ2v) is 2.62. The summed E-state index contributed by atoms with van der Waals surface area (Å²) in [4.78, 5) is 14.1. The fraction of sp³-hybridized carbons (Fsp3) is 0.250. The van der Waals surface area contributed by atoms with Crippen LogP contribution >= 0.6 is 0 Å². The van der Waals surface area contributed by atoms with Gasteiger partial charge in [-0.2, -0.15) is 4.98 Å². The van der Waals surface area contributed by atoms with E-state index in [1.807, 2.05) is 0 Å². The number of carbonyl (C=O) groups is 1. The highest BCUT2D eigenvalue weighted by Gasteiger charge is 2.23. The number of hydrogen-bond acceptors (Lipinski definition) is 4. The average Bonchev–Trinajstić information content (AvgIpc) is 2.15. The number of hydrogen-bond donors (Lipinski definition) is 2. The Morgan fingerprint density at radius 2 is 2.27 bits per heavy atom. The number of methoxy groups -OCH3 is 1. The highest BCUT2D eigenvalue weighted by atomic mass is 19.3. The van der Waals surface area contributed by atoms with Crippen molar-refractivity contribution in [3.63, 3.8) is 0 Å². The highest BCUT2D eigenvalue weighted by molar-refractivity contribution is 5.94. The molecule has 1 aromatic rings. The number of ether oxygens (including phenoxy) is 1. The molecule has 0 saturated heterocycles. The maximum Gasteiger partial charge on any atom is 0.339 e. The number of carboxylic acids is 1. The van der Waals surface area contributed by atoms with Crippen molar-refractivity contribution in [2.45, 2.75) is 6.43 Å². The molecular formula is C8H8F2N2O3. The van der Waals surface area contributed by atoms with Crippen LogP contribution in [0.4, 0.5) is 14.6 Å². The number of pyridine rings is 1. The Bertz CT molecular complexity index is 396. The minimum Gasteiger partial charge on any atom is -0.481 e. The van der Waals surface area contributed by atoms with Gasteiger partial charge < -0.3 is 15.6 Å². The van der Waals surface area contributed by atoms with Crippen LogP contribution in [0.15, 0.2) is 6.07 Å². The summed E-state index contributed by atoms with van der Waals surface area (Å²) in [5.41, 5.74) is 3.84. The Balaban J connectivity index is 3.42. The van der Waals surface area contributed by atoms with E-state index >= 15 is 0 Å². The molecule has 0 saturated carbocycles. The summed E-state index contributed by atoms with van der Waals surface area (Å²) in [5, 5.41) is 8.66. The standard InChI is InChI=1S/C8H8F2N2O3/c1-15-4-2-3(6(9)10)5(8(13)14)7(11)12-4/h2,6H,1H3,(H2,11,12)(H,13,14). The third-order valence-electron chi connectivity index (χ3n) is 1.71. The summed E-state index contributed by atoms with van der Waals surface area (Å²) >= 11 is 0. The molecule has 0 aromatic carbocycles. The van der Waals surface area contributed by atoms with Gasteiger partial charge in [-0.3, -0.25) is 0 Å². The van der Waals surface area contributed by atoms with Crippen LogP contribution in [0.1, 0.15) is 22.3 Å². The minimum atomic E-state index is -2.95. The Hall–Kier alpha value is -1.92. The first-order chi connectivity index (χ1) is 6.97. The molecule has 0 bridgehead atoms. The van der Waals surface area contributed by atoms with Crippen molar-refractivity contribution in [1.82, 2.24) is 4.98 Å². The molecular weight excluding hydrogens is 210 g/mol. The van der Waals surface area contributed by atoms with E-state index in [-0.39, 0.29) is 5.88 Å². The molecule has 82 valence electrons. The fourth-order valence-corrected chi connectivity index (χ4v) is 1.07. The third-order valence-corrected chi connectivity index (χ3v) is 1.71. The van der Waals surface area contributed by atoms with Crippen molar-refractivity contribution >= 4 is 11.8 Å². The van der Waals surface area contributed by atoms with Gasteiger partial charge in [0.25, 0.3) is 6.43 Å². The number of nitrogen functional groups attached to an aromatic ring is 1. The smallest absolute Gasteiger partial charge is 0.339 e. The van der Waals surface area contributed by atoms with Gasteiger partial charge in [-0.1, -0.05) is 0 Å². The SMILES string of the molecule is COc1cc(C(F)F)c(C(=O)O)c(N)n1. The molecule has 0 amide bonds. The quantitative estimate of drug-likeness (QED) is 0.798. The molecule has 0 radical (unpaired) electrons. The van der Waals surface area contributed by atoms with Gasteiger partial charge in [-0.15, -0.1) is 0 Å². The van der Waals surface area contributed by atoms with Crippen molar-refractivity contribution in [2.24, 2.45) is 0 Å². The molecule has 0 unspecified atom stereocenters. The number of rotatable bonds is 3. The number of nitrogens with zero attached hydrogens (tertiary/aromatic N) is 1. The van der Waals surface area contributed by atoms with E-state index in [1.165, 1.54) is 7.11 Å². The van der Waals surface area contributed by atoms with Gasteiger partial charge in [-0.05, 0) is 0 Å². The Kier molecular flexibility index (Phi) is 3.03. The summed E-state index contributed by atoms with van der Waals surface area (Å²) in [7, 11) is 1.22. The van der Waals surface area contributed by atoms with Gasteiger partial charge in [0, 0.05) is 11.6 Å². The number of alkyl halides is 2. The van der Waals surface area contributed by atoms with Crippen LogP contribution in [0.3, 0.4) is 0 Å². The minimum absolute atomic E-state index is 0.146. The van der Waals surface area contributed by atoms with Crippen LogP contribution in [-0.4, -0.2) is 23.2 Å². The molecule has 0 aliphatic heterocycles. The maximum atomic E-state index is 12.5. The van der Waals surface area contributed by atoms with Crippen LogP contribution in [0.2, 0.25) is 0 Å². The average molecular weight is 218 g/mol. The first-order valence-corrected chi connectivity index (χ1v) is 3.83. The zero-order chi connectivity index (χ0) is 11.6. The molecule has 0 aliphatic carbocycles. The van der Waals surface area contributed by atoms with Crippen LogP contribution in [0, 0.1) is 0 Å². The lowest BCUT2D eigenvalue weighted by molar-refractivity contribution is 0.0685. The van der Waals surface area contributed by atoms with E-state index < -0.39 is 29.3 Å². The summed E-state index contributed by atoms with van der Waals surface area (Å²) in [6.45, 7) is 0. The lowest BCUT2D eigenvalue weighted by atomic mass is 10.1. The number of aromatic nitrogens is 1. The lowest BCUT2D eigenvalue weighted by Gasteiger charge is -2.09. The number of carboxylic acid groups (broad SMARTS) is 1. The molecule has 0 atom stereocenters. The largest absolute Gasteiger partial charge is 0.481 e. The van der Waals surface area contributed by atoms with E-state index in [2.05, 4.69) is 9.72 Å². The molecule has 1 aromatic heterocycles. The highest BCUT2D eigenvalue weighted by Crippen LogP contribution is 2.29. The van der Waals surface area contributed by atoms with Crippen molar-refractivity contribution in [3.8, 4) is 5.88 Å². The van der Waals surface area contributed by atoms with Crippen LogP contribution in [0.25, 0.3) is 0 Å². The zero-order valence-corrected chi connectivity index (χ0v) is 7.70. The molecule has 5 nitrogen and oxygen atoms in total. The fourth-order valence-electron chi connectivity index (χ4n) is 1.07. The Morgan fingerprint density at radius 3 is 2.67 bits per heavy atom. The van der Waals surface area contributed by atoms with Gasteiger partial charge in [0.2, 0.25) is 5.88 Å². The summed E-state index contributed by atoms with van der Waals surface area (Å²) in [6.07, 6.45) is -2.95. The predicted molar refractivity (Wildman–Crippen MR) is 47.1 cm³/mol. The molecule has 15 heavy (non-hydrogen) atoms. The van der Waals surface area contributed by atoms with Crippen LogP contribution < -0.4 is 10.5 Å². The summed E-state index contributed by atoms with van der Waals surface area (Å²) < 4.78 is 29.6. The van der Waals surface area contributed by atoms with Crippen molar-refractivity contribution in [3.05, 3.63) is 17.2 Å². The van der Waals surface area contributed by atoms with Crippen LogP contribution in [-0.2, 0) is 0 Å². The Morgan fingerprint density at radius 1 is 1.67 bits per heavy atom. The van der Waals surface area contributed by atoms with Crippen molar-refractivity contribution in [1.29, 1.82) is 0 Å². The number of aromatic carboxylic acids is 1. The van der Waals surface area contributed by atoms with E-state index in [0.29, 0.717) is 0 Å². The van der Waals surface area contributed by atoms with E-state index in [0.717, 1.165) is 6.07 Å². The van der Waals surface area contributed by atoms with E-state index in [1.54, 1.807) is 0 Å². The van der Waals surface area contributed by atoms with Crippen molar-refractivity contribution < 1.29 is 23.4 Å². The first-order valence-electron chi connectivity index (χ1n) is 3.83. The van der Waals surface area contributed by atoms with E-state index in [4.69, 9.17) is 10.8 Å². The van der Waals surface area contributed by atoms with E-state index in [9.17, 15) is 13.6 Å². The summed E-state index contributed by atoms with van der Waals surface area (Å²) in [5.74, 6) is -2.18. The predicted octanol–water partition coefficient (Wildman–Crippen LogP) is 1.31. The normalized spacial score (nSPS) is 10.4. The second kappa shape index (κ2) is 4.07. The van der Waals surface area contributed by atoms with Gasteiger partial charge in [-0.25, -0.2) is 13.6 Å². The summed E-state index contributed by atoms with van der Waals surface area (Å²) in [6, 6.07) is 0.852. The number of halogens is 2. The number of anilines is 1. The monoisotopic (exact) mass is 218 g/mol. The van der Waals surface area contributed by atoms with Gasteiger partial charge in [0.05, 0.1) is 7.11 Å². The van der Waals surface area contributed by atoms with Crippen molar-refractivity contribution in [2.75, 3.05) is 12.8 Å². The van der Waals surface area contributed by atoms with Gasteiger partial charge in [0.1, 0.15) is 11.4 Å². The molecule has 1 rings (SSSR count). The molecule has 0 aliphatic rings. The molecule has 7 heteroatoms. The Labute approximate surface area is 83.5 Å². The molecule has 3 N–H and O–H groups in total. The zero-order valence-electron chi connectivity index (χ0n) is 7.70. The molecule has 1 heterocycles.